The lowest BCUT2D eigenvalue weighted by molar-refractivity contribution is 0.0949. The van der Waals surface area contributed by atoms with Crippen molar-refractivity contribution in [3.8, 4) is 0 Å². The summed E-state index contributed by atoms with van der Waals surface area (Å²) in [5.74, 6) is -1.12. The van der Waals surface area contributed by atoms with Crippen LogP contribution >= 0.6 is 0 Å². The van der Waals surface area contributed by atoms with Gasteiger partial charge in [-0.1, -0.05) is 36.4 Å². The molecule has 1 aliphatic rings. The number of likely N-dealkylation sites (N-methyl/N-ethyl adjacent to an activating group) is 1. The van der Waals surface area contributed by atoms with E-state index in [1.165, 1.54) is 6.07 Å². The molecule has 0 amide bonds. The number of sulfonamides is 1. The number of anilines is 1. The molecule has 0 bridgehead atoms. The van der Waals surface area contributed by atoms with Crippen molar-refractivity contribution in [2.45, 2.75) is 20.8 Å². The number of carbonyl (C=O) groups excluding carboxylic acids is 2. The van der Waals surface area contributed by atoms with Gasteiger partial charge in [-0.2, -0.15) is 0 Å². The summed E-state index contributed by atoms with van der Waals surface area (Å²) in [6, 6.07) is 13.1. The maximum Gasteiger partial charge on any atom is 0.268 e. The van der Waals surface area contributed by atoms with Crippen molar-refractivity contribution in [2.24, 2.45) is 0 Å². The van der Waals surface area contributed by atoms with Crippen LogP contribution in [0.15, 0.2) is 59.1 Å². The fourth-order valence-electron chi connectivity index (χ4n) is 3.33. The van der Waals surface area contributed by atoms with Crippen LogP contribution in [0.5, 0.6) is 0 Å². The van der Waals surface area contributed by atoms with Crippen molar-refractivity contribution in [2.75, 3.05) is 17.8 Å². The summed E-state index contributed by atoms with van der Waals surface area (Å²) in [5, 5.41) is 0. The summed E-state index contributed by atoms with van der Waals surface area (Å²) < 4.78 is 28.9. The second-order valence-corrected chi connectivity index (χ2v) is 8.15. The molecule has 0 saturated heterocycles. The van der Waals surface area contributed by atoms with Gasteiger partial charge in [0.25, 0.3) is 10.0 Å². The Labute approximate surface area is 164 Å². The van der Waals surface area contributed by atoms with Crippen LogP contribution in [0.4, 0.5) is 5.69 Å². The van der Waals surface area contributed by atoms with Crippen molar-refractivity contribution in [1.82, 2.24) is 4.90 Å². The maximum absolute atomic E-state index is 13.2. The minimum atomic E-state index is -4.27. The number of hydrogen-bond donors (Lipinski definition) is 1. The van der Waals surface area contributed by atoms with Crippen LogP contribution in [0.1, 0.15) is 40.1 Å². The normalized spacial score (nSPS) is 14.1. The van der Waals surface area contributed by atoms with Crippen LogP contribution in [-0.2, 0) is 10.0 Å². The average molecular weight is 398 g/mol. The topological polar surface area (TPSA) is 83.6 Å². The smallest absolute Gasteiger partial charge is 0.268 e. The van der Waals surface area contributed by atoms with E-state index in [4.69, 9.17) is 0 Å². The molecule has 0 aromatic heterocycles. The summed E-state index contributed by atoms with van der Waals surface area (Å²) >= 11 is 0. The van der Waals surface area contributed by atoms with Gasteiger partial charge in [0.1, 0.15) is 5.70 Å². The van der Waals surface area contributed by atoms with E-state index < -0.39 is 26.5 Å². The lowest BCUT2D eigenvalue weighted by Crippen LogP contribution is -2.37. The first kappa shape index (κ1) is 19.8. The Morgan fingerprint density at radius 3 is 2.07 bits per heavy atom. The summed E-state index contributed by atoms with van der Waals surface area (Å²) in [6.45, 7) is 6.26. The molecule has 0 heterocycles. The molecule has 0 fully saturated rings. The highest BCUT2D eigenvalue weighted by molar-refractivity contribution is 7.97. The Bertz CT molecular complexity index is 1080. The molecule has 6 nitrogen and oxygen atoms in total. The zero-order chi connectivity index (χ0) is 20.5. The maximum atomic E-state index is 13.2. The van der Waals surface area contributed by atoms with Crippen LogP contribution in [-0.4, -0.2) is 38.0 Å². The molecule has 1 N–H and O–H groups in total. The quantitative estimate of drug-likeness (QED) is 0.807. The molecule has 0 saturated carbocycles. The largest absolute Gasteiger partial charge is 0.368 e. The predicted molar refractivity (Wildman–Crippen MR) is 109 cm³/mol. The summed E-state index contributed by atoms with van der Waals surface area (Å²) in [4.78, 5) is 27.4. The van der Waals surface area contributed by atoms with Gasteiger partial charge >= 0.3 is 0 Å². The molecule has 0 aliphatic heterocycles. The fourth-order valence-corrected chi connectivity index (χ4v) is 4.70. The Morgan fingerprint density at radius 2 is 1.50 bits per heavy atom. The van der Waals surface area contributed by atoms with Crippen molar-refractivity contribution < 1.29 is 18.0 Å². The lowest BCUT2D eigenvalue weighted by Gasteiger charge is -2.29. The molecule has 2 aromatic carbocycles. The highest BCUT2D eigenvalue weighted by Gasteiger charge is 2.40. The van der Waals surface area contributed by atoms with Crippen molar-refractivity contribution in [3.05, 3.63) is 75.8 Å². The third-order valence-corrected chi connectivity index (χ3v) is 6.09. The zero-order valence-corrected chi connectivity index (χ0v) is 16.8. The Hall–Kier alpha value is -2.93. The number of aryl methyl sites for hydroxylation is 1. The van der Waals surface area contributed by atoms with Gasteiger partial charge in [0.05, 0.1) is 0 Å². The van der Waals surface area contributed by atoms with Crippen molar-refractivity contribution in [1.29, 1.82) is 0 Å². The fraction of sp³-hybridized carbons (Fsp3) is 0.238. The minimum Gasteiger partial charge on any atom is -0.368 e. The third kappa shape index (κ3) is 3.45. The molecule has 0 atom stereocenters. The van der Waals surface area contributed by atoms with Crippen LogP contribution in [0.25, 0.3) is 0 Å². The second kappa shape index (κ2) is 7.59. The van der Waals surface area contributed by atoms with E-state index in [0.717, 1.165) is 5.56 Å². The van der Waals surface area contributed by atoms with E-state index in [0.29, 0.717) is 18.8 Å². The Kier molecular flexibility index (Phi) is 5.38. The molecule has 146 valence electrons. The number of nitrogens with zero attached hydrogens (tertiary/aromatic N) is 1. The highest BCUT2D eigenvalue weighted by atomic mass is 32.2. The number of ketones is 2. The van der Waals surface area contributed by atoms with Crippen LogP contribution in [0.3, 0.4) is 0 Å². The van der Waals surface area contributed by atoms with Crippen molar-refractivity contribution in [3.63, 3.8) is 0 Å². The van der Waals surface area contributed by atoms with Gasteiger partial charge in [-0.15, -0.1) is 0 Å². The van der Waals surface area contributed by atoms with E-state index in [-0.39, 0.29) is 16.8 Å². The number of Topliss-reactive ketones (excluding diaryl/α,β-unsaturated/α-hetero) is 2. The van der Waals surface area contributed by atoms with E-state index in [2.05, 4.69) is 4.72 Å². The number of hydrogen-bond acceptors (Lipinski definition) is 5. The standard InChI is InChI=1S/C21H22N2O4S/c1-4-23(5-2)18-19(24)16-11-6-7-12-17(16)20(25)21(18)28(26,27)22-15-10-8-9-14(3)13-15/h6-13,22H,4-5H2,1-3H3. The monoisotopic (exact) mass is 398 g/mol. The molecular formula is C21H22N2O4S. The van der Waals surface area contributed by atoms with Crippen molar-refractivity contribution >= 4 is 27.3 Å². The molecule has 7 heteroatoms. The third-order valence-electron chi connectivity index (χ3n) is 4.67. The number of rotatable bonds is 6. The van der Waals surface area contributed by atoms with Gasteiger partial charge in [-0.05, 0) is 38.5 Å². The number of allylic oxidation sites excluding steroid dienone is 2. The van der Waals surface area contributed by atoms with Gasteiger partial charge in [0, 0.05) is 29.9 Å². The molecule has 3 rings (SSSR count). The molecule has 2 aromatic rings. The highest BCUT2D eigenvalue weighted by Crippen LogP contribution is 2.32. The molecule has 28 heavy (non-hydrogen) atoms. The van der Waals surface area contributed by atoms with E-state index in [1.54, 1.807) is 41.3 Å². The van der Waals surface area contributed by atoms with E-state index in [9.17, 15) is 18.0 Å². The van der Waals surface area contributed by atoms with Gasteiger partial charge in [-0.25, -0.2) is 8.42 Å². The first-order valence-electron chi connectivity index (χ1n) is 9.07. The Balaban J connectivity index is 2.21. The van der Waals surface area contributed by atoms with E-state index in [1.807, 2.05) is 26.8 Å². The molecule has 0 unspecified atom stereocenters. The van der Waals surface area contributed by atoms with Crippen LogP contribution in [0.2, 0.25) is 0 Å². The lowest BCUT2D eigenvalue weighted by atomic mass is 9.92. The average Bonchev–Trinajstić information content (AvgIpc) is 2.66. The molecule has 0 spiro atoms. The summed E-state index contributed by atoms with van der Waals surface area (Å²) in [5.41, 5.74) is 1.46. The number of fused-ring (bicyclic) bond motifs is 1. The van der Waals surface area contributed by atoms with Crippen LogP contribution in [0, 0.1) is 6.92 Å². The minimum absolute atomic E-state index is 0.0751. The molecule has 0 radical (unpaired) electrons. The Morgan fingerprint density at radius 1 is 0.893 bits per heavy atom. The summed E-state index contributed by atoms with van der Waals surface area (Å²) in [7, 11) is -4.27. The number of carbonyl (C=O) groups is 2. The van der Waals surface area contributed by atoms with Gasteiger partial charge in [0.2, 0.25) is 11.6 Å². The van der Waals surface area contributed by atoms with Gasteiger partial charge in [0.15, 0.2) is 4.91 Å². The van der Waals surface area contributed by atoms with E-state index >= 15 is 0 Å². The van der Waals surface area contributed by atoms with Crippen LogP contribution < -0.4 is 4.72 Å². The summed E-state index contributed by atoms with van der Waals surface area (Å²) in [6.07, 6.45) is 0. The number of nitrogens with one attached hydrogen (secondary N) is 1. The second-order valence-electron chi connectivity index (χ2n) is 6.53. The zero-order valence-electron chi connectivity index (χ0n) is 16.0. The molecular weight excluding hydrogens is 376 g/mol. The number of benzene rings is 2. The van der Waals surface area contributed by atoms with Gasteiger partial charge < -0.3 is 4.90 Å². The molecule has 1 aliphatic carbocycles. The SMILES string of the molecule is CCN(CC)C1=C(S(=O)(=O)Nc2cccc(C)c2)C(=O)c2ccccc2C1=O. The first-order valence-corrected chi connectivity index (χ1v) is 10.6. The first-order chi connectivity index (χ1) is 13.3. The predicted octanol–water partition coefficient (Wildman–Crippen LogP) is 3.37. The van der Waals surface area contributed by atoms with Gasteiger partial charge in [-0.3, -0.25) is 14.3 Å².